The SMILES string of the molecule is Cc1cc(C)nc(N2CCOC(c3cccc(-c4cccc(C(N)=O)c4)n3)C2)n1. The molecule has 1 aromatic carbocycles. The Labute approximate surface area is 169 Å². The largest absolute Gasteiger partial charge is 0.368 e. The van der Waals surface area contributed by atoms with E-state index in [9.17, 15) is 4.79 Å². The van der Waals surface area contributed by atoms with Crippen LogP contribution < -0.4 is 10.6 Å². The lowest BCUT2D eigenvalue weighted by Gasteiger charge is -2.33. The number of carbonyl (C=O) groups is 1. The number of nitrogens with zero attached hydrogens (tertiary/aromatic N) is 4. The summed E-state index contributed by atoms with van der Waals surface area (Å²) in [5, 5.41) is 0. The summed E-state index contributed by atoms with van der Waals surface area (Å²) in [5.74, 6) is 0.267. The first kappa shape index (κ1) is 19.0. The quantitative estimate of drug-likeness (QED) is 0.737. The molecule has 4 rings (SSSR count). The number of hydrogen-bond acceptors (Lipinski definition) is 6. The standard InChI is InChI=1S/C22H23N5O2/c1-14-11-15(2)25-22(24-14)27-9-10-29-20(13-27)19-8-4-7-18(26-19)16-5-3-6-17(12-16)21(23)28/h3-8,11-12,20H,9-10,13H2,1-2H3,(H2,23,28). The summed E-state index contributed by atoms with van der Waals surface area (Å²) in [4.78, 5) is 27.5. The van der Waals surface area contributed by atoms with Gasteiger partial charge in [0.05, 0.1) is 24.5 Å². The van der Waals surface area contributed by atoms with E-state index >= 15 is 0 Å². The van der Waals surface area contributed by atoms with Crippen molar-refractivity contribution in [3.63, 3.8) is 0 Å². The molecule has 148 valence electrons. The lowest BCUT2D eigenvalue weighted by atomic mass is 10.1. The van der Waals surface area contributed by atoms with Crippen molar-refractivity contribution in [3.8, 4) is 11.3 Å². The van der Waals surface area contributed by atoms with Crippen LogP contribution in [0.25, 0.3) is 11.3 Å². The smallest absolute Gasteiger partial charge is 0.248 e. The van der Waals surface area contributed by atoms with Gasteiger partial charge >= 0.3 is 0 Å². The van der Waals surface area contributed by atoms with Crippen LogP contribution in [-0.2, 0) is 4.74 Å². The highest BCUT2D eigenvalue weighted by atomic mass is 16.5. The summed E-state index contributed by atoms with van der Waals surface area (Å²) in [6.07, 6.45) is -0.188. The third-order valence-corrected chi connectivity index (χ3v) is 4.86. The van der Waals surface area contributed by atoms with Gasteiger partial charge < -0.3 is 15.4 Å². The fraction of sp³-hybridized carbons (Fsp3) is 0.273. The van der Waals surface area contributed by atoms with E-state index in [1.807, 2.05) is 44.2 Å². The van der Waals surface area contributed by atoms with E-state index in [1.54, 1.807) is 18.2 Å². The summed E-state index contributed by atoms with van der Waals surface area (Å²) in [7, 11) is 0. The predicted octanol–water partition coefficient (Wildman–Crippen LogP) is 2.83. The fourth-order valence-corrected chi connectivity index (χ4v) is 3.48. The summed E-state index contributed by atoms with van der Waals surface area (Å²) in [5.41, 5.74) is 10.2. The third-order valence-electron chi connectivity index (χ3n) is 4.86. The van der Waals surface area contributed by atoms with Crippen LogP contribution in [0.5, 0.6) is 0 Å². The second kappa shape index (κ2) is 7.97. The number of carbonyl (C=O) groups excluding carboxylic acids is 1. The molecule has 1 atom stereocenters. The zero-order valence-electron chi connectivity index (χ0n) is 16.5. The molecule has 0 bridgehead atoms. The van der Waals surface area contributed by atoms with E-state index < -0.39 is 5.91 Å². The van der Waals surface area contributed by atoms with Crippen LogP contribution in [0.4, 0.5) is 5.95 Å². The zero-order chi connectivity index (χ0) is 20.4. The van der Waals surface area contributed by atoms with Crippen LogP contribution in [0, 0.1) is 13.8 Å². The number of anilines is 1. The van der Waals surface area contributed by atoms with E-state index in [0.717, 1.165) is 40.8 Å². The molecule has 7 nitrogen and oxygen atoms in total. The van der Waals surface area contributed by atoms with E-state index in [4.69, 9.17) is 15.5 Å². The highest BCUT2D eigenvalue weighted by molar-refractivity contribution is 5.93. The first-order chi connectivity index (χ1) is 14.0. The van der Waals surface area contributed by atoms with Gasteiger partial charge in [-0.15, -0.1) is 0 Å². The second-order valence-electron chi connectivity index (χ2n) is 7.15. The normalized spacial score (nSPS) is 16.6. The number of ether oxygens (including phenoxy) is 1. The summed E-state index contributed by atoms with van der Waals surface area (Å²) in [6, 6.07) is 15.0. The molecule has 1 aliphatic heterocycles. The van der Waals surface area contributed by atoms with Crippen LogP contribution in [0.15, 0.2) is 48.5 Å². The first-order valence-corrected chi connectivity index (χ1v) is 9.55. The van der Waals surface area contributed by atoms with Gasteiger partial charge in [0.25, 0.3) is 0 Å². The lowest BCUT2D eigenvalue weighted by molar-refractivity contribution is 0.0365. The molecule has 29 heavy (non-hydrogen) atoms. The van der Waals surface area contributed by atoms with Crippen molar-refractivity contribution >= 4 is 11.9 Å². The van der Waals surface area contributed by atoms with Gasteiger partial charge in [0.2, 0.25) is 11.9 Å². The van der Waals surface area contributed by atoms with Crippen LogP contribution in [-0.4, -0.2) is 40.6 Å². The molecule has 2 aromatic heterocycles. The molecule has 0 saturated carbocycles. The summed E-state index contributed by atoms with van der Waals surface area (Å²) >= 11 is 0. The van der Waals surface area contributed by atoms with Crippen molar-refractivity contribution in [3.05, 3.63) is 71.2 Å². The number of benzene rings is 1. The average molecular weight is 389 g/mol. The highest BCUT2D eigenvalue weighted by Gasteiger charge is 2.25. The molecule has 3 aromatic rings. The summed E-state index contributed by atoms with van der Waals surface area (Å²) in [6.45, 7) is 5.88. The molecule has 3 heterocycles. The van der Waals surface area contributed by atoms with Crippen LogP contribution >= 0.6 is 0 Å². The molecule has 2 N–H and O–H groups in total. The van der Waals surface area contributed by atoms with Gasteiger partial charge in [0, 0.05) is 29.1 Å². The van der Waals surface area contributed by atoms with Crippen molar-refractivity contribution in [1.82, 2.24) is 15.0 Å². The zero-order valence-corrected chi connectivity index (χ0v) is 16.5. The molecular formula is C22H23N5O2. The fourth-order valence-electron chi connectivity index (χ4n) is 3.48. The third kappa shape index (κ3) is 4.25. The van der Waals surface area contributed by atoms with E-state index in [0.29, 0.717) is 18.7 Å². The van der Waals surface area contributed by atoms with Gasteiger partial charge in [-0.1, -0.05) is 18.2 Å². The number of aromatic nitrogens is 3. The van der Waals surface area contributed by atoms with Gasteiger partial charge in [-0.05, 0) is 44.2 Å². The Balaban J connectivity index is 1.59. The monoisotopic (exact) mass is 389 g/mol. The molecule has 1 fully saturated rings. The van der Waals surface area contributed by atoms with Crippen LogP contribution in [0.2, 0.25) is 0 Å². The Bertz CT molecular complexity index is 1030. The maximum Gasteiger partial charge on any atom is 0.248 e. The van der Waals surface area contributed by atoms with Crippen molar-refractivity contribution in [2.45, 2.75) is 20.0 Å². The van der Waals surface area contributed by atoms with Crippen molar-refractivity contribution < 1.29 is 9.53 Å². The Kier molecular flexibility index (Phi) is 5.22. The number of nitrogens with two attached hydrogens (primary N) is 1. The predicted molar refractivity (Wildman–Crippen MR) is 111 cm³/mol. The van der Waals surface area contributed by atoms with Crippen molar-refractivity contribution in [1.29, 1.82) is 0 Å². The van der Waals surface area contributed by atoms with Crippen molar-refractivity contribution in [2.24, 2.45) is 5.73 Å². The van der Waals surface area contributed by atoms with E-state index in [2.05, 4.69) is 14.9 Å². The topological polar surface area (TPSA) is 94.2 Å². The molecule has 0 spiro atoms. The second-order valence-corrected chi connectivity index (χ2v) is 7.15. The van der Waals surface area contributed by atoms with Crippen molar-refractivity contribution in [2.75, 3.05) is 24.6 Å². The number of hydrogen-bond donors (Lipinski definition) is 1. The Morgan fingerprint density at radius 3 is 2.59 bits per heavy atom. The Hall–Kier alpha value is -3.32. The van der Waals surface area contributed by atoms with Gasteiger partial charge in [-0.25, -0.2) is 15.0 Å². The first-order valence-electron chi connectivity index (χ1n) is 9.55. The van der Waals surface area contributed by atoms with Crippen LogP contribution in [0.3, 0.4) is 0 Å². The van der Waals surface area contributed by atoms with Gasteiger partial charge in [-0.3, -0.25) is 4.79 Å². The Morgan fingerprint density at radius 2 is 1.83 bits per heavy atom. The minimum atomic E-state index is -0.456. The van der Waals surface area contributed by atoms with Gasteiger partial charge in [0.1, 0.15) is 6.10 Å². The highest BCUT2D eigenvalue weighted by Crippen LogP contribution is 2.26. The molecule has 1 amide bonds. The average Bonchev–Trinajstić information content (AvgIpc) is 2.73. The van der Waals surface area contributed by atoms with E-state index in [-0.39, 0.29) is 6.10 Å². The van der Waals surface area contributed by atoms with Gasteiger partial charge in [-0.2, -0.15) is 0 Å². The number of primary amides is 1. The molecule has 1 unspecified atom stereocenters. The molecule has 0 radical (unpaired) electrons. The molecule has 1 aliphatic rings. The summed E-state index contributed by atoms with van der Waals surface area (Å²) < 4.78 is 6.00. The molecule has 7 heteroatoms. The minimum absolute atomic E-state index is 0.188. The van der Waals surface area contributed by atoms with Crippen LogP contribution in [0.1, 0.15) is 33.5 Å². The number of aryl methyl sites for hydroxylation is 2. The number of rotatable bonds is 4. The minimum Gasteiger partial charge on any atom is -0.368 e. The Morgan fingerprint density at radius 1 is 1.07 bits per heavy atom. The maximum atomic E-state index is 11.5. The number of pyridine rings is 1. The molecule has 1 saturated heterocycles. The maximum absolute atomic E-state index is 11.5. The molecular weight excluding hydrogens is 366 g/mol. The lowest BCUT2D eigenvalue weighted by Crippen LogP contribution is -2.39. The molecule has 0 aliphatic carbocycles. The van der Waals surface area contributed by atoms with Gasteiger partial charge in [0.15, 0.2) is 0 Å². The van der Waals surface area contributed by atoms with E-state index in [1.165, 1.54) is 0 Å². The number of amides is 1. The number of morpholine rings is 1.